The van der Waals surface area contributed by atoms with Crippen LogP contribution < -0.4 is 4.74 Å². The zero-order valence-electron chi connectivity index (χ0n) is 14.8. The summed E-state index contributed by atoms with van der Waals surface area (Å²) in [5.74, 6) is 1.73. The molecule has 2 nitrogen and oxygen atoms in total. The van der Waals surface area contributed by atoms with Crippen molar-refractivity contribution in [2.75, 3.05) is 20.2 Å². The standard InChI is InChI=1S/C22H27NO/c1-22(14-7-10-19-20(22)11-6-12-21(19)24-2)23-15-13-18(16-23)17-8-4-3-5-9-17/h3-6,8-9,11-12,18H,7,10,13-16H2,1-2H3. The summed E-state index contributed by atoms with van der Waals surface area (Å²) in [5.41, 5.74) is 4.55. The van der Waals surface area contributed by atoms with Crippen molar-refractivity contribution < 1.29 is 4.74 Å². The fourth-order valence-electron chi connectivity index (χ4n) is 4.80. The molecule has 24 heavy (non-hydrogen) atoms. The first-order valence-electron chi connectivity index (χ1n) is 9.19. The number of nitrogens with zero attached hydrogens (tertiary/aromatic N) is 1. The molecular weight excluding hydrogens is 294 g/mol. The molecule has 2 atom stereocenters. The summed E-state index contributed by atoms with van der Waals surface area (Å²) < 4.78 is 5.64. The molecule has 1 saturated heterocycles. The van der Waals surface area contributed by atoms with Gasteiger partial charge >= 0.3 is 0 Å². The van der Waals surface area contributed by atoms with Gasteiger partial charge in [-0.1, -0.05) is 42.5 Å². The first kappa shape index (κ1) is 15.7. The van der Waals surface area contributed by atoms with Crippen LogP contribution >= 0.6 is 0 Å². The topological polar surface area (TPSA) is 12.5 Å². The number of ether oxygens (including phenoxy) is 1. The van der Waals surface area contributed by atoms with Gasteiger partial charge in [-0.05, 0) is 67.8 Å². The van der Waals surface area contributed by atoms with Crippen molar-refractivity contribution in [3.8, 4) is 5.75 Å². The van der Waals surface area contributed by atoms with Crippen LogP contribution in [0.4, 0.5) is 0 Å². The van der Waals surface area contributed by atoms with Crippen LogP contribution in [0.25, 0.3) is 0 Å². The summed E-state index contributed by atoms with van der Waals surface area (Å²) in [6, 6.07) is 17.6. The lowest BCUT2D eigenvalue weighted by molar-refractivity contribution is 0.111. The minimum atomic E-state index is 0.144. The van der Waals surface area contributed by atoms with Gasteiger partial charge in [0.05, 0.1) is 7.11 Å². The van der Waals surface area contributed by atoms with E-state index in [-0.39, 0.29) is 5.54 Å². The average molecular weight is 321 g/mol. The molecule has 2 aromatic rings. The van der Waals surface area contributed by atoms with Crippen molar-refractivity contribution >= 4 is 0 Å². The highest BCUT2D eigenvalue weighted by molar-refractivity contribution is 5.45. The second-order valence-corrected chi connectivity index (χ2v) is 7.46. The second-order valence-electron chi connectivity index (χ2n) is 7.46. The van der Waals surface area contributed by atoms with Gasteiger partial charge in [0.2, 0.25) is 0 Å². The van der Waals surface area contributed by atoms with Crippen LogP contribution in [-0.2, 0) is 12.0 Å². The van der Waals surface area contributed by atoms with Crippen LogP contribution in [0, 0.1) is 0 Å². The molecule has 0 spiro atoms. The summed E-state index contributed by atoms with van der Waals surface area (Å²) in [6.45, 7) is 4.79. The summed E-state index contributed by atoms with van der Waals surface area (Å²) in [5, 5.41) is 0. The Morgan fingerprint density at radius 1 is 1.08 bits per heavy atom. The number of hydrogen-bond donors (Lipinski definition) is 0. The Balaban J connectivity index is 1.64. The van der Waals surface area contributed by atoms with Gasteiger partial charge in [0, 0.05) is 12.1 Å². The van der Waals surface area contributed by atoms with Crippen LogP contribution in [0.15, 0.2) is 48.5 Å². The predicted octanol–water partition coefficient (Wildman–Crippen LogP) is 4.74. The molecule has 0 radical (unpaired) electrons. The fraction of sp³-hybridized carbons (Fsp3) is 0.455. The van der Waals surface area contributed by atoms with Crippen LogP contribution in [0.5, 0.6) is 5.75 Å². The van der Waals surface area contributed by atoms with Crippen LogP contribution in [0.1, 0.15) is 48.8 Å². The third-order valence-electron chi connectivity index (χ3n) is 6.18. The molecule has 4 rings (SSSR count). The molecule has 1 aliphatic carbocycles. The van der Waals surface area contributed by atoms with Gasteiger partial charge in [0.1, 0.15) is 5.75 Å². The highest BCUT2D eigenvalue weighted by Crippen LogP contribution is 2.45. The predicted molar refractivity (Wildman–Crippen MR) is 98.7 cm³/mol. The molecule has 2 aliphatic rings. The summed E-state index contributed by atoms with van der Waals surface area (Å²) in [4.78, 5) is 2.72. The van der Waals surface area contributed by atoms with Gasteiger partial charge < -0.3 is 4.74 Å². The molecule has 126 valence electrons. The molecule has 1 fully saturated rings. The maximum atomic E-state index is 5.64. The van der Waals surface area contributed by atoms with Crippen molar-refractivity contribution in [3.63, 3.8) is 0 Å². The number of fused-ring (bicyclic) bond motifs is 1. The summed E-state index contributed by atoms with van der Waals surface area (Å²) in [7, 11) is 1.79. The Morgan fingerprint density at radius 3 is 2.71 bits per heavy atom. The number of rotatable bonds is 3. The SMILES string of the molecule is COc1cccc2c1CCCC2(C)N1CCC(c2ccccc2)C1. The number of methoxy groups -OCH3 is 1. The van der Waals surface area contributed by atoms with Crippen molar-refractivity contribution in [2.24, 2.45) is 0 Å². The van der Waals surface area contributed by atoms with Gasteiger partial charge in [-0.2, -0.15) is 0 Å². The zero-order chi connectivity index (χ0) is 16.6. The first-order chi connectivity index (χ1) is 11.7. The van der Waals surface area contributed by atoms with Gasteiger partial charge in [-0.25, -0.2) is 0 Å². The molecule has 0 aromatic heterocycles. The van der Waals surface area contributed by atoms with Gasteiger partial charge in [-0.15, -0.1) is 0 Å². The highest BCUT2D eigenvalue weighted by atomic mass is 16.5. The maximum Gasteiger partial charge on any atom is 0.122 e. The molecule has 0 amide bonds. The molecule has 0 N–H and O–H groups in total. The van der Waals surface area contributed by atoms with Gasteiger partial charge in [-0.3, -0.25) is 4.90 Å². The Kier molecular flexibility index (Phi) is 4.09. The third kappa shape index (κ3) is 2.53. The minimum Gasteiger partial charge on any atom is -0.496 e. The Morgan fingerprint density at radius 2 is 1.92 bits per heavy atom. The molecular formula is C22H27NO. The lowest BCUT2D eigenvalue weighted by Gasteiger charge is -2.44. The van der Waals surface area contributed by atoms with E-state index in [4.69, 9.17) is 4.74 Å². The highest BCUT2D eigenvalue weighted by Gasteiger charge is 2.41. The van der Waals surface area contributed by atoms with Gasteiger partial charge in [0.25, 0.3) is 0 Å². The van der Waals surface area contributed by atoms with Crippen molar-refractivity contribution in [2.45, 2.75) is 44.1 Å². The van der Waals surface area contributed by atoms with Crippen molar-refractivity contribution in [1.29, 1.82) is 0 Å². The molecule has 2 unspecified atom stereocenters. The van der Waals surface area contributed by atoms with E-state index in [0.29, 0.717) is 5.92 Å². The third-order valence-corrected chi connectivity index (χ3v) is 6.18. The van der Waals surface area contributed by atoms with E-state index in [1.54, 1.807) is 7.11 Å². The van der Waals surface area contributed by atoms with Crippen molar-refractivity contribution in [1.82, 2.24) is 4.90 Å². The monoisotopic (exact) mass is 321 g/mol. The van der Waals surface area contributed by atoms with E-state index < -0.39 is 0 Å². The van der Waals surface area contributed by atoms with E-state index in [1.807, 2.05) is 0 Å². The Labute approximate surface area is 145 Å². The molecule has 1 aliphatic heterocycles. The van der Waals surface area contributed by atoms with E-state index in [0.717, 1.165) is 18.7 Å². The molecule has 1 heterocycles. The Hall–Kier alpha value is -1.80. The molecule has 0 bridgehead atoms. The molecule has 0 saturated carbocycles. The lowest BCUT2D eigenvalue weighted by Crippen LogP contribution is -2.44. The smallest absolute Gasteiger partial charge is 0.122 e. The quantitative estimate of drug-likeness (QED) is 0.810. The first-order valence-corrected chi connectivity index (χ1v) is 9.19. The molecule has 2 heteroatoms. The Bertz CT molecular complexity index is 711. The normalized spacial score (nSPS) is 27.0. The van der Waals surface area contributed by atoms with Crippen LogP contribution in [-0.4, -0.2) is 25.1 Å². The van der Waals surface area contributed by atoms with Crippen molar-refractivity contribution in [3.05, 3.63) is 65.2 Å². The van der Waals surface area contributed by atoms with Crippen LogP contribution in [0.3, 0.4) is 0 Å². The van der Waals surface area contributed by atoms with E-state index in [9.17, 15) is 0 Å². The number of benzene rings is 2. The number of hydrogen-bond acceptors (Lipinski definition) is 2. The van der Waals surface area contributed by atoms with E-state index in [1.165, 1.54) is 42.5 Å². The van der Waals surface area contributed by atoms with E-state index in [2.05, 4.69) is 60.4 Å². The zero-order valence-corrected chi connectivity index (χ0v) is 14.8. The summed E-state index contributed by atoms with van der Waals surface area (Å²) in [6.07, 6.45) is 4.90. The van der Waals surface area contributed by atoms with E-state index >= 15 is 0 Å². The average Bonchev–Trinajstić information content (AvgIpc) is 3.13. The maximum absolute atomic E-state index is 5.64. The summed E-state index contributed by atoms with van der Waals surface area (Å²) >= 11 is 0. The number of likely N-dealkylation sites (tertiary alicyclic amines) is 1. The second kappa shape index (κ2) is 6.25. The van der Waals surface area contributed by atoms with Gasteiger partial charge in [0.15, 0.2) is 0 Å². The minimum absolute atomic E-state index is 0.144. The van der Waals surface area contributed by atoms with Crippen LogP contribution in [0.2, 0.25) is 0 Å². The largest absolute Gasteiger partial charge is 0.496 e. The molecule has 2 aromatic carbocycles. The lowest BCUT2D eigenvalue weighted by atomic mass is 9.76. The fourth-order valence-corrected chi connectivity index (χ4v) is 4.80.